The Labute approximate surface area is 186 Å². The van der Waals surface area contributed by atoms with Gasteiger partial charge in [-0.25, -0.2) is 4.21 Å². The average molecular weight is 600 g/mol. The van der Waals surface area contributed by atoms with E-state index in [0.717, 1.165) is 39.8 Å². The molecule has 0 aliphatic rings. The van der Waals surface area contributed by atoms with Gasteiger partial charge in [0.1, 0.15) is 5.75 Å². The second-order valence-corrected chi connectivity index (χ2v) is 9.25. The van der Waals surface area contributed by atoms with Crippen molar-refractivity contribution < 1.29 is 13.5 Å². The van der Waals surface area contributed by atoms with Crippen LogP contribution in [0.2, 0.25) is 0 Å². The maximum Gasteiger partial charge on any atom is 0.188 e. The molecule has 0 aromatic heterocycles. The molecule has 0 spiro atoms. The fourth-order valence-electron chi connectivity index (χ4n) is 3.46. The zero-order valence-electron chi connectivity index (χ0n) is 14.2. The normalized spacial score (nSPS) is 12.4. The first kappa shape index (κ1) is 19.1. The van der Waals surface area contributed by atoms with Gasteiger partial charge >= 0.3 is 0 Å². The summed E-state index contributed by atoms with van der Waals surface area (Å²) < 4.78 is 30.0. The van der Waals surface area contributed by atoms with E-state index >= 15 is 0 Å². The van der Waals surface area contributed by atoms with E-state index in [2.05, 4.69) is 51.2 Å². The van der Waals surface area contributed by atoms with Crippen molar-refractivity contribution in [3.63, 3.8) is 0 Å². The molecule has 0 aliphatic carbocycles. The van der Waals surface area contributed by atoms with E-state index < -0.39 is 11.1 Å². The summed E-state index contributed by atoms with van der Waals surface area (Å²) in [5.41, 5.74) is 1.61. The number of ether oxygens (including phenoxy) is 1. The summed E-state index contributed by atoms with van der Waals surface area (Å²) in [6.07, 6.45) is 0. The lowest BCUT2D eigenvalue weighted by Crippen LogP contribution is -2.01. The molecular formula is C21H14I2O3S. The van der Waals surface area contributed by atoms with Crippen molar-refractivity contribution in [2.45, 2.75) is 4.90 Å². The van der Waals surface area contributed by atoms with Crippen LogP contribution in [-0.2, 0) is 11.1 Å². The van der Waals surface area contributed by atoms with Crippen LogP contribution in [0.4, 0.5) is 0 Å². The van der Waals surface area contributed by atoms with Crippen molar-refractivity contribution in [3.05, 3.63) is 67.8 Å². The molecule has 4 aromatic rings. The van der Waals surface area contributed by atoms with Gasteiger partial charge in [0.25, 0.3) is 0 Å². The monoisotopic (exact) mass is 600 g/mol. The molecule has 3 nitrogen and oxygen atoms in total. The van der Waals surface area contributed by atoms with Crippen LogP contribution >= 0.6 is 45.2 Å². The molecule has 0 aliphatic heterocycles. The number of benzene rings is 4. The Kier molecular flexibility index (Phi) is 5.41. The van der Waals surface area contributed by atoms with Crippen LogP contribution in [0.5, 0.6) is 5.75 Å². The van der Waals surface area contributed by atoms with Gasteiger partial charge in [0.15, 0.2) is 11.1 Å². The lowest BCUT2D eigenvalue weighted by molar-refractivity contribution is 0.414. The van der Waals surface area contributed by atoms with Gasteiger partial charge in [-0.15, -0.1) is 0 Å². The molecule has 0 heterocycles. The van der Waals surface area contributed by atoms with E-state index in [-0.39, 0.29) is 0 Å². The molecular weight excluding hydrogens is 586 g/mol. The Balaban J connectivity index is 2.31. The van der Waals surface area contributed by atoms with Crippen LogP contribution in [0, 0.1) is 7.14 Å². The minimum atomic E-state index is -2.13. The van der Waals surface area contributed by atoms with Gasteiger partial charge in [0.2, 0.25) is 0 Å². The Morgan fingerprint density at radius 2 is 1.37 bits per heavy atom. The molecule has 0 saturated heterocycles. The fraction of sp³-hybridized carbons (Fsp3) is 0.0476. The average Bonchev–Trinajstić information content (AvgIpc) is 2.65. The summed E-state index contributed by atoms with van der Waals surface area (Å²) in [6.45, 7) is 0. The predicted molar refractivity (Wildman–Crippen MR) is 128 cm³/mol. The van der Waals surface area contributed by atoms with Gasteiger partial charge in [-0.1, -0.05) is 48.5 Å². The predicted octanol–water partition coefficient (Wildman–Crippen LogP) is 6.46. The van der Waals surface area contributed by atoms with Gasteiger partial charge in [-0.2, -0.15) is 0 Å². The van der Waals surface area contributed by atoms with Crippen LogP contribution in [0.3, 0.4) is 0 Å². The number of halogens is 2. The van der Waals surface area contributed by atoms with E-state index in [0.29, 0.717) is 10.6 Å². The Morgan fingerprint density at radius 1 is 0.852 bits per heavy atom. The minimum absolute atomic E-state index is 0.416. The Bertz CT molecular complexity index is 1220. The number of rotatable bonds is 3. The fourth-order valence-corrected chi connectivity index (χ4v) is 6.06. The molecule has 0 saturated carbocycles. The summed E-state index contributed by atoms with van der Waals surface area (Å²) in [5.74, 6) is 0.716. The highest BCUT2D eigenvalue weighted by atomic mass is 127. The smallest absolute Gasteiger partial charge is 0.188 e. The van der Waals surface area contributed by atoms with E-state index in [9.17, 15) is 8.76 Å². The van der Waals surface area contributed by atoms with Gasteiger partial charge in [-0.3, -0.25) is 0 Å². The van der Waals surface area contributed by atoms with Crippen molar-refractivity contribution in [2.75, 3.05) is 7.11 Å². The molecule has 1 N–H and O–H groups in total. The van der Waals surface area contributed by atoms with E-state index in [1.54, 1.807) is 7.11 Å². The third kappa shape index (κ3) is 3.26. The molecule has 0 radical (unpaired) electrons. The van der Waals surface area contributed by atoms with Crippen molar-refractivity contribution in [3.8, 4) is 16.9 Å². The number of hydrogen-bond acceptors (Lipinski definition) is 2. The molecule has 27 heavy (non-hydrogen) atoms. The molecule has 136 valence electrons. The molecule has 0 amide bonds. The maximum atomic E-state index is 12.3. The second-order valence-electron chi connectivity index (χ2n) is 6.02. The van der Waals surface area contributed by atoms with Crippen LogP contribution in [0.25, 0.3) is 32.7 Å². The van der Waals surface area contributed by atoms with Gasteiger partial charge in [-0.05, 0) is 78.9 Å². The Morgan fingerprint density at radius 3 is 1.93 bits per heavy atom. The van der Waals surface area contributed by atoms with E-state index in [4.69, 9.17) is 4.74 Å². The van der Waals surface area contributed by atoms with Crippen molar-refractivity contribution in [1.82, 2.24) is 0 Å². The van der Waals surface area contributed by atoms with Crippen LogP contribution < -0.4 is 4.74 Å². The molecule has 1 atom stereocenters. The standard InChI is InChI=1S/C21H14I2O3S/c1-26-20-16(22)10-12-6-2-4-8-14(12)18(20)19-15-9-5-3-7-13(15)11-17(23)21(19)27(24)25/h2-11H,1H3,(H,24,25). The highest BCUT2D eigenvalue weighted by molar-refractivity contribution is 14.1. The number of fused-ring (bicyclic) bond motifs is 2. The molecule has 0 fully saturated rings. The summed E-state index contributed by atoms with van der Waals surface area (Å²) >= 11 is 2.26. The number of hydrogen-bond donors (Lipinski definition) is 1. The van der Waals surface area contributed by atoms with E-state index in [1.807, 2.05) is 54.6 Å². The van der Waals surface area contributed by atoms with Crippen molar-refractivity contribution in [2.24, 2.45) is 0 Å². The topological polar surface area (TPSA) is 46.5 Å². The van der Waals surface area contributed by atoms with E-state index in [1.165, 1.54) is 0 Å². The molecule has 1 unspecified atom stereocenters. The minimum Gasteiger partial charge on any atom is -0.495 e. The van der Waals surface area contributed by atoms with Gasteiger partial charge in [0.05, 0.1) is 15.6 Å². The van der Waals surface area contributed by atoms with Crippen LogP contribution in [0.1, 0.15) is 0 Å². The quantitative estimate of drug-likeness (QED) is 0.217. The van der Waals surface area contributed by atoms with Gasteiger partial charge < -0.3 is 9.29 Å². The zero-order chi connectivity index (χ0) is 19.1. The highest BCUT2D eigenvalue weighted by Gasteiger charge is 2.24. The number of methoxy groups -OCH3 is 1. The summed E-state index contributed by atoms with van der Waals surface area (Å²) in [4.78, 5) is 0.416. The zero-order valence-corrected chi connectivity index (χ0v) is 19.3. The summed E-state index contributed by atoms with van der Waals surface area (Å²) in [7, 11) is 1.64. The van der Waals surface area contributed by atoms with Crippen LogP contribution in [0.15, 0.2) is 65.6 Å². The lowest BCUT2D eigenvalue weighted by Gasteiger charge is -2.19. The second kappa shape index (κ2) is 7.65. The summed E-state index contributed by atoms with van der Waals surface area (Å²) in [6, 6.07) is 20.0. The molecule has 0 bridgehead atoms. The maximum absolute atomic E-state index is 12.3. The van der Waals surface area contributed by atoms with Crippen LogP contribution in [-0.4, -0.2) is 15.9 Å². The molecule has 4 aromatic carbocycles. The third-order valence-electron chi connectivity index (χ3n) is 4.54. The first-order chi connectivity index (χ1) is 13.0. The summed E-state index contributed by atoms with van der Waals surface area (Å²) in [5, 5.41) is 4.01. The van der Waals surface area contributed by atoms with Gasteiger partial charge in [0, 0.05) is 14.7 Å². The highest BCUT2D eigenvalue weighted by Crippen LogP contribution is 2.46. The molecule has 4 rings (SSSR count). The lowest BCUT2D eigenvalue weighted by atomic mass is 9.93. The Hall–Kier alpha value is -1.23. The first-order valence-corrected chi connectivity index (χ1v) is 11.4. The molecule has 6 heteroatoms. The first-order valence-electron chi connectivity index (χ1n) is 8.10. The third-order valence-corrected chi connectivity index (χ3v) is 7.33. The SMILES string of the molecule is COc1c(I)cc2ccccc2c1-c1c(S(=O)O)c(I)cc2ccccc12. The van der Waals surface area contributed by atoms with Crippen molar-refractivity contribution >= 4 is 77.8 Å². The largest absolute Gasteiger partial charge is 0.495 e. The van der Waals surface area contributed by atoms with Crippen molar-refractivity contribution in [1.29, 1.82) is 0 Å².